The highest BCUT2D eigenvalue weighted by Crippen LogP contribution is 2.24. The standard InChI is InChI=1S/C18H24N4O/c1-5-6-17-16(13-19)20-21-22(17)11-12-23-15-9-7-14(8-10-15)18(2,3)4/h7-10H,5-6,11-12H2,1-4H3. The molecule has 0 spiro atoms. The van der Waals surface area contributed by atoms with Crippen LogP contribution >= 0.6 is 0 Å². The van der Waals surface area contributed by atoms with Gasteiger partial charge in [0.2, 0.25) is 0 Å². The molecule has 5 heteroatoms. The van der Waals surface area contributed by atoms with Crippen LogP contribution in [-0.4, -0.2) is 21.6 Å². The van der Waals surface area contributed by atoms with Crippen molar-refractivity contribution in [2.75, 3.05) is 6.61 Å². The first-order valence-corrected chi connectivity index (χ1v) is 8.01. The van der Waals surface area contributed by atoms with Crippen LogP contribution in [-0.2, 0) is 18.4 Å². The molecule has 0 atom stereocenters. The Labute approximate surface area is 137 Å². The molecule has 0 aliphatic heterocycles. The molecule has 0 amide bonds. The van der Waals surface area contributed by atoms with E-state index in [0.29, 0.717) is 18.8 Å². The first-order valence-electron chi connectivity index (χ1n) is 8.01. The molecule has 122 valence electrons. The van der Waals surface area contributed by atoms with Crippen LogP contribution in [0, 0.1) is 11.3 Å². The molecule has 0 saturated heterocycles. The minimum absolute atomic E-state index is 0.141. The Morgan fingerprint density at radius 2 is 1.91 bits per heavy atom. The molecule has 0 unspecified atom stereocenters. The van der Waals surface area contributed by atoms with E-state index in [1.54, 1.807) is 4.68 Å². The average molecular weight is 312 g/mol. The van der Waals surface area contributed by atoms with Crippen LogP contribution in [0.3, 0.4) is 0 Å². The number of hydrogen-bond acceptors (Lipinski definition) is 4. The van der Waals surface area contributed by atoms with Crippen molar-refractivity contribution in [3.8, 4) is 11.8 Å². The summed E-state index contributed by atoms with van der Waals surface area (Å²) in [6, 6.07) is 10.3. The maximum absolute atomic E-state index is 9.06. The summed E-state index contributed by atoms with van der Waals surface area (Å²) in [5, 5.41) is 17.0. The maximum Gasteiger partial charge on any atom is 0.185 e. The van der Waals surface area contributed by atoms with Gasteiger partial charge in [0.1, 0.15) is 18.4 Å². The molecule has 0 N–H and O–H groups in total. The number of aromatic nitrogens is 3. The molecule has 5 nitrogen and oxygen atoms in total. The summed E-state index contributed by atoms with van der Waals surface area (Å²) in [7, 11) is 0. The second-order valence-electron chi connectivity index (χ2n) is 6.59. The van der Waals surface area contributed by atoms with Gasteiger partial charge >= 0.3 is 0 Å². The highest BCUT2D eigenvalue weighted by Gasteiger charge is 2.13. The summed E-state index contributed by atoms with van der Waals surface area (Å²) in [4.78, 5) is 0. The minimum Gasteiger partial charge on any atom is -0.492 e. The predicted molar refractivity (Wildman–Crippen MR) is 89.4 cm³/mol. The van der Waals surface area contributed by atoms with E-state index in [2.05, 4.69) is 56.2 Å². The van der Waals surface area contributed by atoms with Crippen molar-refractivity contribution in [1.29, 1.82) is 5.26 Å². The lowest BCUT2D eigenvalue weighted by Crippen LogP contribution is -2.13. The Bertz CT molecular complexity index is 675. The lowest BCUT2D eigenvalue weighted by Gasteiger charge is -2.19. The smallest absolute Gasteiger partial charge is 0.185 e. The van der Waals surface area contributed by atoms with Crippen molar-refractivity contribution in [2.45, 2.75) is 52.5 Å². The molecule has 1 heterocycles. The van der Waals surface area contributed by atoms with Crippen molar-refractivity contribution in [1.82, 2.24) is 15.0 Å². The zero-order chi connectivity index (χ0) is 16.9. The molecule has 1 aromatic carbocycles. The van der Waals surface area contributed by atoms with Gasteiger partial charge in [0.15, 0.2) is 5.69 Å². The first-order chi connectivity index (χ1) is 11.0. The Hall–Kier alpha value is -2.35. The highest BCUT2D eigenvalue weighted by molar-refractivity contribution is 5.31. The SMILES string of the molecule is CCCc1c(C#N)nnn1CCOc1ccc(C(C)(C)C)cc1. The van der Waals surface area contributed by atoms with Crippen LogP contribution in [0.4, 0.5) is 0 Å². The molecule has 0 saturated carbocycles. The monoisotopic (exact) mass is 312 g/mol. The van der Waals surface area contributed by atoms with Gasteiger partial charge in [-0.2, -0.15) is 5.26 Å². The van der Waals surface area contributed by atoms with Gasteiger partial charge < -0.3 is 4.74 Å². The van der Waals surface area contributed by atoms with E-state index in [4.69, 9.17) is 10.00 Å². The first kappa shape index (κ1) is 17.0. The quantitative estimate of drug-likeness (QED) is 0.819. The molecule has 2 rings (SSSR count). The zero-order valence-corrected chi connectivity index (χ0v) is 14.3. The summed E-state index contributed by atoms with van der Waals surface area (Å²) < 4.78 is 7.55. The Kier molecular flexibility index (Phi) is 5.38. The average Bonchev–Trinajstić information content (AvgIpc) is 2.90. The van der Waals surface area contributed by atoms with E-state index in [1.165, 1.54) is 5.56 Å². The van der Waals surface area contributed by atoms with Crippen molar-refractivity contribution in [2.24, 2.45) is 0 Å². The highest BCUT2D eigenvalue weighted by atomic mass is 16.5. The molecule has 0 bridgehead atoms. The van der Waals surface area contributed by atoms with Gasteiger partial charge in [-0.25, -0.2) is 4.68 Å². The van der Waals surface area contributed by atoms with Crippen molar-refractivity contribution in [3.05, 3.63) is 41.2 Å². The van der Waals surface area contributed by atoms with Crippen LogP contribution in [0.15, 0.2) is 24.3 Å². The maximum atomic E-state index is 9.06. The third-order valence-electron chi connectivity index (χ3n) is 3.72. The summed E-state index contributed by atoms with van der Waals surface area (Å²) >= 11 is 0. The van der Waals surface area contributed by atoms with Crippen LogP contribution in [0.5, 0.6) is 5.75 Å². The van der Waals surface area contributed by atoms with E-state index in [0.717, 1.165) is 24.3 Å². The zero-order valence-electron chi connectivity index (χ0n) is 14.3. The molecule has 0 fully saturated rings. The van der Waals surface area contributed by atoms with Crippen LogP contribution in [0.25, 0.3) is 0 Å². The number of rotatable bonds is 6. The van der Waals surface area contributed by atoms with E-state index < -0.39 is 0 Å². The molecular weight excluding hydrogens is 288 g/mol. The van der Waals surface area contributed by atoms with Crippen molar-refractivity contribution < 1.29 is 4.74 Å². The van der Waals surface area contributed by atoms with Gasteiger partial charge in [0.25, 0.3) is 0 Å². The summed E-state index contributed by atoms with van der Waals surface area (Å²) in [6.07, 6.45) is 1.76. The summed E-state index contributed by atoms with van der Waals surface area (Å²) in [6.45, 7) is 9.73. The van der Waals surface area contributed by atoms with Crippen LogP contribution < -0.4 is 4.74 Å². The van der Waals surface area contributed by atoms with Gasteiger partial charge in [0.05, 0.1) is 12.2 Å². The summed E-state index contributed by atoms with van der Waals surface area (Å²) in [5.41, 5.74) is 2.73. The fourth-order valence-electron chi connectivity index (χ4n) is 2.38. The molecule has 0 aliphatic rings. The van der Waals surface area contributed by atoms with Gasteiger partial charge in [-0.05, 0) is 29.5 Å². The predicted octanol–water partition coefficient (Wildman–Crippen LogP) is 3.48. The molecule has 23 heavy (non-hydrogen) atoms. The van der Waals surface area contributed by atoms with Gasteiger partial charge in [0, 0.05) is 0 Å². The normalized spacial score (nSPS) is 11.3. The second kappa shape index (κ2) is 7.28. The van der Waals surface area contributed by atoms with E-state index >= 15 is 0 Å². The molecule has 0 aliphatic carbocycles. The largest absolute Gasteiger partial charge is 0.492 e. The lowest BCUT2D eigenvalue weighted by atomic mass is 9.87. The Balaban J connectivity index is 1.95. The van der Waals surface area contributed by atoms with E-state index in [9.17, 15) is 0 Å². The molecule has 0 radical (unpaired) electrons. The number of benzene rings is 1. The molecular formula is C18H24N4O. The van der Waals surface area contributed by atoms with Crippen LogP contribution in [0.2, 0.25) is 0 Å². The third-order valence-corrected chi connectivity index (χ3v) is 3.72. The number of hydrogen-bond donors (Lipinski definition) is 0. The fraction of sp³-hybridized carbons (Fsp3) is 0.500. The van der Waals surface area contributed by atoms with E-state index in [-0.39, 0.29) is 5.41 Å². The lowest BCUT2D eigenvalue weighted by molar-refractivity contribution is 0.287. The molecule has 1 aromatic heterocycles. The van der Waals surface area contributed by atoms with Crippen molar-refractivity contribution in [3.63, 3.8) is 0 Å². The number of nitriles is 1. The second-order valence-corrected chi connectivity index (χ2v) is 6.59. The van der Waals surface area contributed by atoms with Gasteiger partial charge in [-0.3, -0.25) is 0 Å². The fourth-order valence-corrected chi connectivity index (χ4v) is 2.38. The van der Waals surface area contributed by atoms with Gasteiger partial charge in [-0.1, -0.05) is 51.5 Å². The number of ether oxygens (including phenoxy) is 1. The number of nitrogens with zero attached hydrogens (tertiary/aromatic N) is 4. The van der Waals surface area contributed by atoms with E-state index in [1.807, 2.05) is 12.1 Å². The Morgan fingerprint density at radius 1 is 1.22 bits per heavy atom. The Morgan fingerprint density at radius 3 is 2.48 bits per heavy atom. The van der Waals surface area contributed by atoms with Gasteiger partial charge in [-0.15, -0.1) is 5.10 Å². The van der Waals surface area contributed by atoms with Crippen LogP contribution in [0.1, 0.15) is 51.1 Å². The summed E-state index contributed by atoms with van der Waals surface area (Å²) in [5.74, 6) is 0.843. The topological polar surface area (TPSA) is 63.7 Å². The minimum atomic E-state index is 0.141. The third kappa shape index (κ3) is 4.32. The molecule has 2 aromatic rings. The van der Waals surface area contributed by atoms with Crippen molar-refractivity contribution >= 4 is 0 Å².